The van der Waals surface area contributed by atoms with E-state index >= 15 is 0 Å². The van der Waals surface area contributed by atoms with Crippen molar-refractivity contribution in [1.29, 1.82) is 0 Å². The summed E-state index contributed by atoms with van der Waals surface area (Å²) in [6.07, 6.45) is 1.11. The molecule has 0 radical (unpaired) electrons. The fraction of sp³-hybridized carbons (Fsp3) is 0.429. The van der Waals surface area contributed by atoms with Crippen LogP contribution in [-0.2, 0) is 0 Å². The molecule has 0 spiro atoms. The summed E-state index contributed by atoms with van der Waals surface area (Å²) in [4.78, 5) is 0. The van der Waals surface area contributed by atoms with E-state index in [2.05, 4.69) is 17.6 Å². The molecule has 1 aromatic carbocycles. The van der Waals surface area contributed by atoms with E-state index in [1.165, 1.54) is 10.3 Å². The van der Waals surface area contributed by atoms with Crippen LogP contribution in [0.4, 0.5) is 4.39 Å². The Morgan fingerprint density at radius 2 is 2.29 bits per heavy atom. The molecule has 2 heterocycles. The van der Waals surface area contributed by atoms with Gasteiger partial charge in [-0.05, 0) is 65.9 Å². The molecule has 1 nitrogen and oxygen atoms in total. The molecule has 0 aliphatic carbocycles. The van der Waals surface area contributed by atoms with Gasteiger partial charge >= 0.3 is 0 Å². The summed E-state index contributed by atoms with van der Waals surface area (Å²) < 4.78 is 14.9. The first kappa shape index (κ1) is 11.2. The Morgan fingerprint density at radius 3 is 3.12 bits per heavy atom. The third-order valence-electron chi connectivity index (χ3n) is 3.73. The quantitative estimate of drug-likeness (QED) is 0.811. The van der Waals surface area contributed by atoms with Crippen LogP contribution in [0.15, 0.2) is 23.6 Å². The highest BCUT2D eigenvalue weighted by Gasteiger charge is 2.25. The third kappa shape index (κ3) is 1.98. The minimum atomic E-state index is -0.100. The van der Waals surface area contributed by atoms with Crippen molar-refractivity contribution >= 4 is 21.4 Å². The van der Waals surface area contributed by atoms with Crippen LogP contribution in [0.2, 0.25) is 0 Å². The van der Waals surface area contributed by atoms with Crippen molar-refractivity contribution < 1.29 is 4.39 Å². The average Bonchev–Trinajstić information content (AvgIpc) is 2.76. The zero-order chi connectivity index (χ0) is 11.8. The molecule has 3 rings (SSSR count). The van der Waals surface area contributed by atoms with Gasteiger partial charge in [0.25, 0.3) is 0 Å². The average molecular weight is 249 g/mol. The van der Waals surface area contributed by atoms with E-state index in [9.17, 15) is 4.39 Å². The summed E-state index contributed by atoms with van der Waals surface area (Å²) in [5.74, 6) is 0.973. The predicted octanol–water partition coefficient (Wildman–Crippen LogP) is 3.75. The summed E-state index contributed by atoms with van der Waals surface area (Å²) in [6, 6.07) is 5.39. The number of fused-ring (bicyclic) bond motifs is 1. The molecule has 2 aromatic rings. The highest BCUT2D eigenvalue weighted by Crippen LogP contribution is 2.37. The Balaban J connectivity index is 2.11. The Kier molecular flexibility index (Phi) is 2.89. The van der Waals surface area contributed by atoms with Gasteiger partial charge in [-0.2, -0.15) is 0 Å². The van der Waals surface area contributed by atoms with Crippen LogP contribution in [0.3, 0.4) is 0 Å². The summed E-state index contributed by atoms with van der Waals surface area (Å²) >= 11 is 1.73. The van der Waals surface area contributed by atoms with E-state index in [0.717, 1.165) is 24.9 Å². The molecular formula is C14H16FNS. The maximum absolute atomic E-state index is 13.6. The van der Waals surface area contributed by atoms with Gasteiger partial charge in [-0.3, -0.25) is 0 Å². The van der Waals surface area contributed by atoms with Crippen LogP contribution in [0, 0.1) is 11.7 Å². The van der Waals surface area contributed by atoms with Gasteiger partial charge in [0.1, 0.15) is 5.82 Å². The number of halogens is 1. The van der Waals surface area contributed by atoms with E-state index in [1.54, 1.807) is 23.5 Å². The first-order valence-electron chi connectivity index (χ1n) is 6.13. The monoisotopic (exact) mass is 249 g/mol. The molecule has 0 amide bonds. The standard InChI is InChI=1S/C14H16FNS/c1-9-8-16-4-2-12(9)13-7-11(15)6-10-3-5-17-14(10)13/h3,5-7,9,12,16H,2,4,8H2,1H3/t9-,12+/m1/s1. The number of hydrogen-bond acceptors (Lipinski definition) is 2. The fourth-order valence-corrected chi connectivity index (χ4v) is 3.78. The number of benzene rings is 1. The lowest BCUT2D eigenvalue weighted by molar-refractivity contribution is 0.350. The van der Waals surface area contributed by atoms with Crippen molar-refractivity contribution in [3.8, 4) is 0 Å². The number of piperidine rings is 1. The van der Waals surface area contributed by atoms with E-state index in [4.69, 9.17) is 0 Å². The number of nitrogens with one attached hydrogen (secondary N) is 1. The number of thiophene rings is 1. The van der Waals surface area contributed by atoms with Crippen molar-refractivity contribution in [3.63, 3.8) is 0 Å². The van der Waals surface area contributed by atoms with Crippen LogP contribution in [0.1, 0.15) is 24.8 Å². The van der Waals surface area contributed by atoms with Crippen LogP contribution in [-0.4, -0.2) is 13.1 Å². The van der Waals surface area contributed by atoms with Gasteiger partial charge in [-0.15, -0.1) is 11.3 Å². The highest BCUT2D eigenvalue weighted by molar-refractivity contribution is 7.17. The fourth-order valence-electron chi connectivity index (χ4n) is 2.82. The lowest BCUT2D eigenvalue weighted by atomic mass is 9.82. The second-order valence-electron chi connectivity index (χ2n) is 4.91. The second-order valence-corrected chi connectivity index (χ2v) is 5.83. The predicted molar refractivity (Wildman–Crippen MR) is 71.2 cm³/mol. The molecule has 1 fully saturated rings. The Bertz CT molecular complexity index is 534. The molecule has 0 unspecified atom stereocenters. The van der Waals surface area contributed by atoms with Gasteiger partial charge in [-0.1, -0.05) is 6.92 Å². The summed E-state index contributed by atoms with van der Waals surface area (Å²) in [5, 5.41) is 6.51. The first-order chi connectivity index (χ1) is 8.25. The highest BCUT2D eigenvalue weighted by atomic mass is 32.1. The molecule has 2 atom stereocenters. The maximum Gasteiger partial charge on any atom is 0.124 e. The molecule has 1 saturated heterocycles. The normalized spacial score (nSPS) is 25.3. The van der Waals surface area contributed by atoms with Gasteiger partial charge in [0, 0.05) is 4.70 Å². The zero-order valence-electron chi connectivity index (χ0n) is 9.87. The summed E-state index contributed by atoms with van der Waals surface area (Å²) in [5.41, 5.74) is 1.21. The molecule has 0 saturated carbocycles. The SMILES string of the molecule is C[C@@H]1CNCC[C@@H]1c1cc(F)cc2ccsc12. The van der Waals surface area contributed by atoms with Gasteiger partial charge in [0.2, 0.25) is 0 Å². The van der Waals surface area contributed by atoms with E-state index in [1.807, 2.05) is 6.07 Å². The van der Waals surface area contributed by atoms with Crippen molar-refractivity contribution in [3.05, 3.63) is 35.0 Å². The molecule has 1 aromatic heterocycles. The minimum absolute atomic E-state index is 0.100. The molecule has 17 heavy (non-hydrogen) atoms. The largest absolute Gasteiger partial charge is 0.316 e. The molecule has 1 aliphatic rings. The number of rotatable bonds is 1. The van der Waals surface area contributed by atoms with E-state index in [-0.39, 0.29) is 5.82 Å². The third-order valence-corrected chi connectivity index (χ3v) is 4.71. The molecule has 1 N–H and O–H groups in total. The van der Waals surface area contributed by atoms with Crippen LogP contribution < -0.4 is 5.32 Å². The second kappa shape index (κ2) is 4.39. The van der Waals surface area contributed by atoms with Gasteiger partial charge in [0.05, 0.1) is 0 Å². The van der Waals surface area contributed by atoms with Gasteiger partial charge in [0.15, 0.2) is 0 Å². The Labute approximate surface area is 105 Å². The van der Waals surface area contributed by atoms with Crippen molar-refractivity contribution in [1.82, 2.24) is 5.32 Å². The van der Waals surface area contributed by atoms with Crippen molar-refractivity contribution in [2.45, 2.75) is 19.3 Å². The molecule has 1 aliphatic heterocycles. The van der Waals surface area contributed by atoms with Gasteiger partial charge in [-0.25, -0.2) is 4.39 Å². The molecular weight excluding hydrogens is 233 g/mol. The first-order valence-corrected chi connectivity index (χ1v) is 7.01. The van der Waals surface area contributed by atoms with Crippen LogP contribution in [0.25, 0.3) is 10.1 Å². The minimum Gasteiger partial charge on any atom is -0.316 e. The van der Waals surface area contributed by atoms with E-state index in [0.29, 0.717) is 11.8 Å². The number of hydrogen-bond donors (Lipinski definition) is 1. The smallest absolute Gasteiger partial charge is 0.124 e. The molecule has 90 valence electrons. The van der Waals surface area contributed by atoms with Crippen molar-refractivity contribution in [2.75, 3.05) is 13.1 Å². The van der Waals surface area contributed by atoms with Crippen molar-refractivity contribution in [2.24, 2.45) is 5.92 Å². The zero-order valence-corrected chi connectivity index (χ0v) is 10.7. The summed E-state index contributed by atoms with van der Waals surface area (Å²) in [6.45, 7) is 4.33. The molecule has 0 bridgehead atoms. The lowest BCUT2D eigenvalue weighted by Gasteiger charge is -2.30. The van der Waals surface area contributed by atoms with Crippen LogP contribution in [0.5, 0.6) is 0 Å². The molecule has 3 heteroatoms. The topological polar surface area (TPSA) is 12.0 Å². The Morgan fingerprint density at radius 1 is 1.41 bits per heavy atom. The van der Waals surface area contributed by atoms with E-state index < -0.39 is 0 Å². The Hall–Kier alpha value is -0.930. The maximum atomic E-state index is 13.6. The van der Waals surface area contributed by atoms with Crippen LogP contribution >= 0.6 is 11.3 Å². The summed E-state index contributed by atoms with van der Waals surface area (Å²) in [7, 11) is 0. The van der Waals surface area contributed by atoms with Gasteiger partial charge < -0.3 is 5.32 Å². The lowest BCUT2D eigenvalue weighted by Crippen LogP contribution is -2.33.